The Morgan fingerprint density at radius 3 is 2.54 bits per heavy atom. The van der Waals surface area contributed by atoms with Crippen molar-refractivity contribution in [3.63, 3.8) is 0 Å². The summed E-state index contributed by atoms with van der Waals surface area (Å²) < 4.78 is 0. The van der Waals surface area contributed by atoms with Crippen LogP contribution in [0.25, 0.3) is 0 Å². The number of nitrogens with zero attached hydrogens (tertiary/aromatic N) is 1. The highest BCUT2D eigenvalue weighted by Crippen LogP contribution is 2.24. The molecule has 0 aliphatic carbocycles. The van der Waals surface area contributed by atoms with Gasteiger partial charge >= 0.3 is 5.97 Å². The fourth-order valence-electron chi connectivity index (χ4n) is 2.04. The first-order valence-corrected chi connectivity index (χ1v) is 9.61. The summed E-state index contributed by atoms with van der Waals surface area (Å²) in [5.74, 6) is -1.28. The molecule has 2 rings (SSSR count). The molecule has 9 heteroatoms. The number of benzene rings is 1. The van der Waals surface area contributed by atoms with Crippen molar-refractivity contribution >= 4 is 46.6 Å². The van der Waals surface area contributed by atoms with Crippen LogP contribution in [0.4, 0.5) is 5.69 Å². The molecule has 1 aromatic heterocycles. The molecule has 0 saturated carbocycles. The van der Waals surface area contributed by atoms with Crippen LogP contribution in [0.3, 0.4) is 0 Å². The third-order valence-electron chi connectivity index (χ3n) is 3.27. The third kappa shape index (κ3) is 6.16. The summed E-state index contributed by atoms with van der Waals surface area (Å²) in [5.41, 5.74) is 0.742. The van der Waals surface area contributed by atoms with Gasteiger partial charge in [0, 0.05) is 35.9 Å². The Morgan fingerprint density at radius 2 is 1.96 bits per heavy atom. The minimum Gasteiger partial charge on any atom is -0.476 e. The Hall–Kier alpha value is -2.39. The van der Waals surface area contributed by atoms with Crippen molar-refractivity contribution in [3.05, 3.63) is 40.3 Å². The average molecular weight is 393 g/mol. The molecule has 0 aliphatic heterocycles. The summed E-state index contributed by atoms with van der Waals surface area (Å²) in [6.07, 6.45) is 0.493. The Morgan fingerprint density at radius 1 is 1.27 bits per heavy atom. The Balaban J connectivity index is 1.77. The number of aromatic nitrogens is 1. The van der Waals surface area contributed by atoms with Gasteiger partial charge in [-0.3, -0.25) is 9.59 Å². The number of amides is 2. The molecular weight excluding hydrogens is 374 g/mol. The van der Waals surface area contributed by atoms with Crippen molar-refractivity contribution in [3.8, 4) is 0 Å². The lowest BCUT2D eigenvalue weighted by atomic mass is 10.3. The zero-order valence-corrected chi connectivity index (χ0v) is 15.9. The smallest absolute Gasteiger partial charge is 0.355 e. The van der Waals surface area contributed by atoms with E-state index in [0.717, 1.165) is 4.90 Å². The SMILES string of the molecule is CC(=O)Nc1ccc(SC(C)C(=O)NCCc2nc(C(=O)O)cs2)cc1. The maximum Gasteiger partial charge on any atom is 0.355 e. The number of aromatic carboxylic acids is 1. The van der Waals surface area contributed by atoms with Crippen molar-refractivity contribution in [2.45, 2.75) is 30.4 Å². The van der Waals surface area contributed by atoms with Gasteiger partial charge in [-0.15, -0.1) is 23.1 Å². The van der Waals surface area contributed by atoms with Crippen molar-refractivity contribution < 1.29 is 19.5 Å². The highest BCUT2D eigenvalue weighted by atomic mass is 32.2. The van der Waals surface area contributed by atoms with Crippen LogP contribution in [0, 0.1) is 0 Å². The van der Waals surface area contributed by atoms with Crippen LogP contribution in [0.2, 0.25) is 0 Å². The van der Waals surface area contributed by atoms with Crippen molar-refractivity contribution in [2.24, 2.45) is 0 Å². The number of carbonyl (C=O) groups excluding carboxylic acids is 2. The molecule has 1 unspecified atom stereocenters. The summed E-state index contributed by atoms with van der Waals surface area (Å²) in [6, 6.07) is 7.28. The Kier molecular flexibility index (Phi) is 7.16. The topological polar surface area (TPSA) is 108 Å². The van der Waals surface area contributed by atoms with E-state index in [0.29, 0.717) is 23.7 Å². The number of carbonyl (C=O) groups is 3. The second-order valence-corrected chi connectivity index (χ2v) is 7.80. The van der Waals surface area contributed by atoms with Gasteiger partial charge in [0.15, 0.2) is 5.69 Å². The van der Waals surface area contributed by atoms with Crippen LogP contribution in [-0.2, 0) is 16.0 Å². The quantitative estimate of drug-likeness (QED) is 0.595. The summed E-state index contributed by atoms with van der Waals surface area (Å²) in [4.78, 5) is 38.9. The number of thiazole rings is 1. The number of hydrogen-bond donors (Lipinski definition) is 3. The lowest BCUT2D eigenvalue weighted by molar-refractivity contribution is -0.120. The first-order chi connectivity index (χ1) is 12.3. The van der Waals surface area contributed by atoms with Crippen LogP contribution in [0.5, 0.6) is 0 Å². The summed E-state index contributed by atoms with van der Waals surface area (Å²) in [5, 5.41) is 16.2. The van der Waals surface area contributed by atoms with Crippen LogP contribution < -0.4 is 10.6 Å². The zero-order valence-electron chi connectivity index (χ0n) is 14.3. The van der Waals surface area contributed by atoms with Crippen molar-refractivity contribution in [1.29, 1.82) is 0 Å². The third-order valence-corrected chi connectivity index (χ3v) is 5.29. The van der Waals surface area contributed by atoms with Gasteiger partial charge in [-0.1, -0.05) is 0 Å². The molecule has 1 atom stereocenters. The predicted molar refractivity (Wildman–Crippen MR) is 102 cm³/mol. The van der Waals surface area contributed by atoms with Gasteiger partial charge in [-0.2, -0.15) is 0 Å². The van der Waals surface area contributed by atoms with E-state index in [9.17, 15) is 14.4 Å². The van der Waals surface area contributed by atoms with E-state index in [1.54, 1.807) is 12.1 Å². The molecule has 7 nitrogen and oxygen atoms in total. The van der Waals surface area contributed by atoms with Gasteiger partial charge in [0.05, 0.1) is 10.3 Å². The van der Waals surface area contributed by atoms with Gasteiger partial charge in [-0.25, -0.2) is 9.78 Å². The Bertz CT molecular complexity index is 790. The number of carboxylic acids is 1. The van der Waals surface area contributed by atoms with E-state index in [1.807, 2.05) is 19.1 Å². The van der Waals surface area contributed by atoms with Gasteiger partial charge < -0.3 is 15.7 Å². The lowest BCUT2D eigenvalue weighted by Gasteiger charge is -2.12. The highest BCUT2D eigenvalue weighted by molar-refractivity contribution is 8.00. The maximum atomic E-state index is 12.2. The molecule has 3 N–H and O–H groups in total. The van der Waals surface area contributed by atoms with Gasteiger partial charge in [0.25, 0.3) is 0 Å². The van der Waals surface area contributed by atoms with Crippen LogP contribution in [0.15, 0.2) is 34.5 Å². The summed E-state index contributed by atoms with van der Waals surface area (Å²) in [6.45, 7) is 3.66. The molecule has 26 heavy (non-hydrogen) atoms. The van der Waals surface area contributed by atoms with E-state index >= 15 is 0 Å². The van der Waals surface area contributed by atoms with Crippen LogP contribution in [-0.4, -0.2) is 39.7 Å². The number of carboxylic acid groups (broad SMARTS) is 1. The highest BCUT2D eigenvalue weighted by Gasteiger charge is 2.14. The number of nitrogens with one attached hydrogen (secondary N) is 2. The van der Waals surface area contributed by atoms with Gasteiger partial charge in [0.2, 0.25) is 11.8 Å². The molecule has 2 aromatic rings. The average Bonchev–Trinajstić information content (AvgIpc) is 3.05. The van der Waals surface area contributed by atoms with Gasteiger partial charge in [0.1, 0.15) is 0 Å². The summed E-state index contributed by atoms with van der Waals surface area (Å²) >= 11 is 2.69. The van der Waals surface area contributed by atoms with Crippen molar-refractivity contribution in [1.82, 2.24) is 10.3 Å². The number of rotatable bonds is 8. The second kappa shape index (κ2) is 9.35. The predicted octanol–water partition coefficient (Wildman–Crippen LogP) is 2.64. The van der Waals surface area contributed by atoms with E-state index in [1.165, 1.54) is 35.4 Å². The van der Waals surface area contributed by atoms with Crippen molar-refractivity contribution in [2.75, 3.05) is 11.9 Å². The Labute approximate surface area is 159 Å². The monoisotopic (exact) mass is 393 g/mol. The van der Waals surface area contributed by atoms with E-state index in [4.69, 9.17) is 5.11 Å². The molecule has 1 heterocycles. The molecule has 138 valence electrons. The number of hydrogen-bond acceptors (Lipinski definition) is 6. The maximum absolute atomic E-state index is 12.2. The molecular formula is C17H19N3O4S2. The number of anilines is 1. The second-order valence-electron chi connectivity index (χ2n) is 5.44. The molecule has 0 fully saturated rings. The van der Waals surface area contributed by atoms with E-state index in [-0.39, 0.29) is 22.8 Å². The molecule has 0 radical (unpaired) electrons. The first-order valence-electron chi connectivity index (χ1n) is 7.85. The minimum absolute atomic E-state index is 0.0305. The standard InChI is InChI=1S/C17H19N3O4S2/c1-10(26-13-5-3-12(4-6-13)19-11(2)21)16(22)18-8-7-15-20-14(9-25-15)17(23)24/h3-6,9-10H,7-8H2,1-2H3,(H,18,22)(H,19,21)(H,23,24). The van der Waals surface area contributed by atoms with E-state index in [2.05, 4.69) is 15.6 Å². The molecule has 0 saturated heterocycles. The fourth-order valence-corrected chi connectivity index (χ4v) is 3.70. The zero-order chi connectivity index (χ0) is 19.1. The molecule has 0 bridgehead atoms. The van der Waals surface area contributed by atoms with Crippen LogP contribution >= 0.6 is 23.1 Å². The van der Waals surface area contributed by atoms with Gasteiger partial charge in [-0.05, 0) is 31.2 Å². The number of thioether (sulfide) groups is 1. The molecule has 2 amide bonds. The largest absolute Gasteiger partial charge is 0.476 e. The molecule has 0 spiro atoms. The normalized spacial score (nSPS) is 11.6. The first kappa shape index (κ1) is 19.9. The minimum atomic E-state index is -1.05. The van der Waals surface area contributed by atoms with E-state index < -0.39 is 5.97 Å². The van der Waals surface area contributed by atoms with Crippen LogP contribution in [0.1, 0.15) is 29.3 Å². The fraction of sp³-hybridized carbons (Fsp3) is 0.294. The summed E-state index contributed by atoms with van der Waals surface area (Å²) in [7, 11) is 0. The molecule has 0 aliphatic rings. The lowest BCUT2D eigenvalue weighted by Crippen LogP contribution is -2.32. The molecule has 1 aromatic carbocycles.